The van der Waals surface area contributed by atoms with E-state index in [1.807, 2.05) is 32.0 Å². The SMILES string of the molecule is CCOC(=O)C[C@H](N[S@+]([O-])C(C)(C)C)c1c(F)c(-c2c(C)cccc2C)cc(C2CC2)c1F. The van der Waals surface area contributed by atoms with Gasteiger partial charge in [0, 0.05) is 22.5 Å². The van der Waals surface area contributed by atoms with Crippen LogP contribution < -0.4 is 4.72 Å². The van der Waals surface area contributed by atoms with Crippen LogP contribution in [0.5, 0.6) is 0 Å². The highest BCUT2D eigenvalue weighted by Crippen LogP contribution is 2.46. The van der Waals surface area contributed by atoms with Gasteiger partial charge in [0.1, 0.15) is 16.4 Å². The Morgan fingerprint density at radius 1 is 1.21 bits per heavy atom. The van der Waals surface area contributed by atoms with Crippen molar-refractivity contribution in [2.75, 3.05) is 6.61 Å². The van der Waals surface area contributed by atoms with Crippen molar-refractivity contribution < 1.29 is 22.9 Å². The second-order valence-corrected chi connectivity index (χ2v) is 11.7. The molecule has 0 unspecified atom stereocenters. The number of ether oxygens (including phenoxy) is 1. The Kier molecular flexibility index (Phi) is 7.87. The van der Waals surface area contributed by atoms with Gasteiger partial charge in [-0.1, -0.05) is 18.2 Å². The van der Waals surface area contributed by atoms with Crippen molar-refractivity contribution in [3.63, 3.8) is 0 Å². The van der Waals surface area contributed by atoms with Gasteiger partial charge in [0.05, 0.1) is 19.1 Å². The number of benzene rings is 2. The van der Waals surface area contributed by atoms with E-state index in [4.69, 9.17) is 4.74 Å². The predicted octanol–water partition coefficient (Wildman–Crippen LogP) is 6.17. The van der Waals surface area contributed by atoms with Crippen LogP contribution in [0.25, 0.3) is 11.1 Å². The molecule has 0 saturated heterocycles. The zero-order valence-electron chi connectivity index (χ0n) is 20.2. The van der Waals surface area contributed by atoms with Crippen LogP contribution in [-0.2, 0) is 20.9 Å². The molecule has 1 saturated carbocycles. The van der Waals surface area contributed by atoms with E-state index in [9.17, 15) is 9.35 Å². The highest BCUT2D eigenvalue weighted by atomic mass is 32.2. The minimum absolute atomic E-state index is 0.0174. The van der Waals surface area contributed by atoms with Crippen molar-refractivity contribution in [1.29, 1.82) is 0 Å². The molecule has 2 aromatic carbocycles. The summed E-state index contributed by atoms with van der Waals surface area (Å²) in [4.78, 5) is 12.4. The molecule has 1 N–H and O–H groups in total. The van der Waals surface area contributed by atoms with Gasteiger partial charge in [0.2, 0.25) is 0 Å². The number of nitrogens with one attached hydrogen (secondary N) is 1. The minimum atomic E-state index is -1.66. The molecule has 33 heavy (non-hydrogen) atoms. The number of carbonyl (C=O) groups excluding carboxylic acids is 1. The summed E-state index contributed by atoms with van der Waals surface area (Å²) in [6.07, 6.45) is 1.33. The second-order valence-electron chi connectivity index (χ2n) is 9.66. The quantitative estimate of drug-likeness (QED) is 0.365. The van der Waals surface area contributed by atoms with Crippen LogP contribution in [0.15, 0.2) is 24.3 Å². The Morgan fingerprint density at radius 3 is 2.33 bits per heavy atom. The molecular formula is C26H33F2NO3S. The van der Waals surface area contributed by atoms with E-state index >= 15 is 8.78 Å². The maximum absolute atomic E-state index is 16.1. The molecule has 0 aromatic heterocycles. The van der Waals surface area contributed by atoms with Crippen molar-refractivity contribution in [2.24, 2.45) is 0 Å². The molecule has 0 spiro atoms. The Morgan fingerprint density at radius 2 is 1.82 bits per heavy atom. The smallest absolute Gasteiger partial charge is 0.307 e. The number of hydrogen-bond acceptors (Lipinski definition) is 4. The first-order valence-corrected chi connectivity index (χ1v) is 12.5. The van der Waals surface area contributed by atoms with Crippen LogP contribution in [0.1, 0.15) is 81.2 Å². The van der Waals surface area contributed by atoms with E-state index in [0.717, 1.165) is 24.0 Å². The minimum Gasteiger partial charge on any atom is -0.598 e. The molecule has 0 bridgehead atoms. The Hall–Kier alpha value is -1.96. The van der Waals surface area contributed by atoms with Crippen molar-refractivity contribution in [2.45, 2.75) is 77.5 Å². The average molecular weight is 478 g/mol. The summed E-state index contributed by atoms with van der Waals surface area (Å²) in [5, 5.41) is 0. The number of carbonyl (C=O) groups is 1. The van der Waals surface area contributed by atoms with E-state index in [1.165, 1.54) is 0 Å². The Labute approximate surface area is 198 Å². The van der Waals surface area contributed by atoms with Gasteiger partial charge in [-0.05, 0) is 88.6 Å². The zero-order chi connectivity index (χ0) is 24.5. The second kappa shape index (κ2) is 10.1. The van der Waals surface area contributed by atoms with Crippen LogP contribution in [0.2, 0.25) is 0 Å². The van der Waals surface area contributed by atoms with Gasteiger partial charge in [0.25, 0.3) is 0 Å². The van der Waals surface area contributed by atoms with Gasteiger partial charge in [-0.25, -0.2) is 8.78 Å². The first-order valence-electron chi connectivity index (χ1n) is 11.4. The van der Waals surface area contributed by atoms with Crippen molar-refractivity contribution in [1.82, 2.24) is 4.72 Å². The summed E-state index contributed by atoms with van der Waals surface area (Å²) in [6.45, 7) is 10.9. The number of aryl methyl sites for hydroxylation is 2. The normalized spacial score (nSPS) is 15.9. The summed E-state index contributed by atoms with van der Waals surface area (Å²) in [5.41, 5.74) is 2.97. The van der Waals surface area contributed by atoms with Crippen molar-refractivity contribution >= 4 is 17.3 Å². The fraction of sp³-hybridized carbons (Fsp3) is 0.500. The molecule has 0 amide bonds. The molecule has 2 atom stereocenters. The topological polar surface area (TPSA) is 61.4 Å². The third-order valence-electron chi connectivity index (χ3n) is 5.86. The summed E-state index contributed by atoms with van der Waals surface area (Å²) in [5.74, 6) is -1.99. The standard InChI is InChI=1S/C26H33F2NO3S/c1-7-32-21(30)14-20(29-33(31)26(4,5)6)23-24(27)18(17-11-12-17)13-19(25(23)28)22-15(2)9-8-10-16(22)3/h8-10,13,17,20,29H,7,11-12,14H2,1-6H3/t20-,33+/m0/s1. The average Bonchev–Trinajstić information content (AvgIpc) is 3.54. The van der Waals surface area contributed by atoms with Crippen LogP contribution >= 0.6 is 0 Å². The number of rotatable bonds is 8. The van der Waals surface area contributed by atoms with Gasteiger partial charge in [0.15, 0.2) is 0 Å². The number of hydrogen-bond donors (Lipinski definition) is 1. The molecule has 4 nitrogen and oxygen atoms in total. The molecule has 1 fully saturated rings. The number of halogens is 2. The van der Waals surface area contributed by atoms with Crippen molar-refractivity contribution in [3.8, 4) is 11.1 Å². The predicted molar refractivity (Wildman–Crippen MR) is 128 cm³/mol. The van der Waals surface area contributed by atoms with Gasteiger partial charge in [-0.15, -0.1) is 4.72 Å². The lowest BCUT2D eigenvalue weighted by molar-refractivity contribution is -0.143. The fourth-order valence-electron chi connectivity index (χ4n) is 3.99. The maximum Gasteiger partial charge on any atom is 0.307 e. The molecule has 2 aromatic rings. The van der Waals surface area contributed by atoms with Crippen LogP contribution in [0.4, 0.5) is 8.78 Å². The Bertz CT molecular complexity index is 1010. The molecule has 7 heteroatoms. The molecule has 180 valence electrons. The van der Waals surface area contributed by atoms with Gasteiger partial charge in [-0.2, -0.15) is 0 Å². The van der Waals surface area contributed by atoms with Crippen LogP contribution in [0, 0.1) is 25.5 Å². The maximum atomic E-state index is 16.1. The van der Waals surface area contributed by atoms with E-state index < -0.39 is 39.8 Å². The lowest BCUT2D eigenvalue weighted by Crippen LogP contribution is -2.42. The molecule has 3 rings (SSSR count). The fourth-order valence-corrected chi connectivity index (χ4v) is 4.81. The monoisotopic (exact) mass is 477 g/mol. The summed E-state index contributed by atoms with van der Waals surface area (Å²) in [6, 6.07) is 6.17. The third-order valence-corrected chi connectivity index (χ3v) is 7.47. The molecular weight excluding hydrogens is 444 g/mol. The highest BCUT2D eigenvalue weighted by Gasteiger charge is 2.37. The van der Waals surface area contributed by atoms with Gasteiger partial charge in [-0.3, -0.25) is 4.79 Å². The van der Waals surface area contributed by atoms with E-state index in [-0.39, 0.29) is 24.5 Å². The lowest BCUT2D eigenvalue weighted by Gasteiger charge is -2.29. The third kappa shape index (κ3) is 5.76. The van der Waals surface area contributed by atoms with Crippen LogP contribution in [0.3, 0.4) is 0 Å². The molecule has 0 radical (unpaired) electrons. The Balaban J connectivity index is 2.21. The van der Waals surface area contributed by atoms with E-state index in [0.29, 0.717) is 16.7 Å². The van der Waals surface area contributed by atoms with Gasteiger partial charge < -0.3 is 9.29 Å². The van der Waals surface area contributed by atoms with E-state index in [2.05, 4.69) is 4.72 Å². The van der Waals surface area contributed by atoms with Gasteiger partial charge >= 0.3 is 5.97 Å². The first-order chi connectivity index (χ1) is 15.5. The van der Waals surface area contributed by atoms with Crippen LogP contribution in [-0.4, -0.2) is 21.9 Å². The molecule has 0 aliphatic heterocycles. The largest absolute Gasteiger partial charge is 0.598 e. The zero-order valence-corrected chi connectivity index (χ0v) is 21.0. The van der Waals surface area contributed by atoms with Crippen molar-refractivity contribution in [3.05, 3.63) is 58.2 Å². The highest BCUT2D eigenvalue weighted by molar-refractivity contribution is 7.90. The molecule has 0 heterocycles. The summed E-state index contributed by atoms with van der Waals surface area (Å²) in [7, 11) is 0. The summed E-state index contributed by atoms with van der Waals surface area (Å²) >= 11 is -1.66. The summed E-state index contributed by atoms with van der Waals surface area (Å²) < 4.78 is 52.1. The molecule has 1 aliphatic carbocycles. The van der Waals surface area contributed by atoms with E-state index in [1.54, 1.807) is 33.8 Å². The molecule has 1 aliphatic rings. The number of esters is 1. The lowest BCUT2D eigenvalue weighted by atomic mass is 9.88. The first kappa shape index (κ1) is 25.7.